The Morgan fingerprint density at radius 3 is 2.58 bits per heavy atom. The summed E-state index contributed by atoms with van der Waals surface area (Å²) in [6.07, 6.45) is 1.16. The van der Waals surface area contributed by atoms with Crippen LogP contribution in [0.3, 0.4) is 0 Å². The quantitative estimate of drug-likeness (QED) is 0.669. The van der Waals surface area contributed by atoms with Crippen molar-refractivity contribution in [1.82, 2.24) is 4.90 Å². The Labute approximate surface area is 164 Å². The van der Waals surface area contributed by atoms with Gasteiger partial charge in [0.1, 0.15) is 0 Å². The van der Waals surface area contributed by atoms with Crippen LogP contribution in [0.2, 0.25) is 0 Å². The third-order valence-corrected chi connectivity index (χ3v) is 5.43. The molecular weight excluding hydrogens is 392 g/mol. The van der Waals surface area contributed by atoms with Crippen LogP contribution in [-0.2, 0) is 13.1 Å². The molecule has 0 saturated carbocycles. The van der Waals surface area contributed by atoms with Crippen molar-refractivity contribution in [3.63, 3.8) is 0 Å². The molecule has 1 fully saturated rings. The lowest BCUT2D eigenvalue weighted by Crippen LogP contribution is -2.45. The highest BCUT2D eigenvalue weighted by Crippen LogP contribution is 2.21. The summed E-state index contributed by atoms with van der Waals surface area (Å²) in [6.45, 7) is 4.62. The highest BCUT2D eigenvalue weighted by Gasteiger charge is 2.26. The van der Waals surface area contributed by atoms with E-state index in [9.17, 15) is 10.2 Å². The van der Waals surface area contributed by atoms with Crippen LogP contribution in [0.25, 0.3) is 0 Å². The zero-order chi connectivity index (χ0) is 18.5. The maximum Gasteiger partial charge on any atom is 0.0587 e. The molecule has 4 nitrogen and oxygen atoms in total. The van der Waals surface area contributed by atoms with Crippen LogP contribution < -0.4 is 5.32 Å². The summed E-state index contributed by atoms with van der Waals surface area (Å²) in [6, 6.07) is 15.0. The van der Waals surface area contributed by atoms with Gasteiger partial charge >= 0.3 is 0 Å². The van der Waals surface area contributed by atoms with E-state index in [-0.39, 0.29) is 18.8 Å². The number of aliphatic hydroxyl groups excluding tert-OH is 2. The third kappa shape index (κ3) is 5.30. The molecule has 0 bridgehead atoms. The normalized spacial score (nSPS) is 20.9. The minimum Gasteiger partial charge on any atom is -0.395 e. The number of rotatable bonds is 6. The summed E-state index contributed by atoms with van der Waals surface area (Å²) in [5.74, 6) is 0. The second-order valence-electron chi connectivity index (χ2n) is 7.17. The molecule has 3 N–H and O–H groups in total. The zero-order valence-electron chi connectivity index (χ0n) is 15.2. The SMILES string of the molecule is Cc1cc(Br)cc(NCc2ccc(CN3CCC(O)CC3CO)cc2)c1. The molecule has 1 aliphatic rings. The van der Waals surface area contributed by atoms with Gasteiger partial charge in [-0.2, -0.15) is 0 Å². The molecule has 3 rings (SSSR count). The van der Waals surface area contributed by atoms with Crippen LogP contribution in [0.1, 0.15) is 29.5 Å². The lowest BCUT2D eigenvalue weighted by molar-refractivity contribution is 0.0129. The van der Waals surface area contributed by atoms with E-state index >= 15 is 0 Å². The number of aliphatic hydroxyl groups is 2. The molecule has 5 heteroatoms. The zero-order valence-corrected chi connectivity index (χ0v) is 16.7. The van der Waals surface area contributed by atoms with Crippen molar-refractivity contribution in [2.75, 3.05) is 18.5 Å². The minimum absolute atomic E-state index is 0.0554. The summed E-state index contributed by atoms with van der Waals surface area (Å²) >= 11 is 3.53. The largest absolute Gasteiger partial charge is 0.395 e. The molecule has 2 aromatic rings. The number of hydrogen-bond acceptors (Lipinski definition) is 4. The molecule has 140 valence electrons. The van der Waals surface area contributed by atoms with Crippen LogP contribution in [0, 0.1) is 6.92 Å². The molecule has 2 aromatic carbocycles. The van der Waals surface area contributed by atoms with Crippen molar-refractivity contribution >= 4 is 21.6 Å². The van der Waals surface area contributed by atoms with E-state index in [1.54, 1.807) is 0 Å². The van der Waals surface area contributed by atoms with Crippen molar-refractivity contribution in [1.29, 1.82) is 0 Å². The minimum atomic E-state index is -0.279. The Bertz CT molecular complexity index is 700. The summed E-state index contributed by atoms with van der Waals surface area (Å²) in [5, 5.41) is 22.8. The summed E-state index contributed by atoms with van der Waals surface area (Å²) < 4.78 is 1.08. The summed E-state index contributed by atoms with van der Waals surface area (Å²) in [7, 11) is 0. The Balaban J connectivity index is 1.56. The topological polar surface area (TPSA) is 55.7 Å². The average Bonchev–Trinajstić information content (AvgIpc) is 2.62. The standard InChI is InChI=1S/C21H27BrN2O2/c1-15-8-18(22)10-19(9-15)23-12-16-2-4-17(5-3-16)13-24-7-6-21(26)11-20(24)14-25/h2-5,8-10,20-21,23,25-26H,6-7,11-14H2,1H3. The summed E-state index contributed by atoms with van der Waals surface area (Å²) in [5.41, 5.74) is 4.81. The fraction of sp³-hybridized carbons (Fsp3) is 0.429. The first-order valence-electron chi connectivity index (χ1n) is 9.15. The molecular formula is C21H27BrN2O2. The van der Waals surface area contributed by atoms with Crippen molar-refractivity contribution < 1.29 is 10.2 Å². The number of aryl methyl sites for hydroxylation is 1. The van der Waals surface area contributed by atoms with Gasteiger partial charge in [0.25, 0.3) is 0 Å². The number of hydrogen-bond donors (Lipinski definition) is 3. The van der Waals surface area contributed by atoms with Crippen LogP contribution >= 0.6 is 15.9 Å². The van der Waals surface area contributed by atoms with E-state index in [4.69, 9.17) is 0 Å². The smallest absolute Gasteiger partial charge is 0.0587 e. The van der Waals surface area contributed by atoms with Gasteiger partial charge in [-0.1, -0.05) is 40.2 Å². The maximum absolute atomic E-state index is 9.77. The number of likely N-dealkylation sites (tertiary alicyclic amines) is 1. The Hall–Kier alpha value is -1.40. The first-order valence-corrected chi connectivity index (χ1v) is 9.94. The molecule has 0 aromatic heterocycles. The Morgan fingerprint density at radius 1 is 1.15 bits per heavy atom. The predicted molar refractivity (Wildman–Crippen MR) is 109 cm³/mol. The number of nitrogens with one attached hydrogen (secondary N) is 1. The van der Waals surface area contributed by atoms with Crippen molar-refractivity contribution in [2.45, 2.75) is 45.0 Å². The average molecular weight is 419 g/mol. The Kier molecular flexibility index (Phi) is 6.70. The number of nitrogens with zero attached hydrogens (tertiary/aromatic N) is 1. The van der Waals surface area contributed by atoms with E-state index in [0.29, 0.717) is 6.42 Å². The van der Waals surface area contributed by atoms with Crippen LogP contribution in [0.5, 0.6) is 0 Å². The van der Waals surface area contributed by atoms with E-state index in [0.717, 1.165) is 36.2 Å². The molecule has 0 spiro atoms. The van der Waals surface area contributed by atoms with E-state index in [1.165, 1.54) is 16.7 Å². The molecule has 26 heavy (non-hydrogen) atoms. The molecule has 0 radical (unpaired) electrons. The molecule has 0 aliphatic carbocycles. The molecule has 1 aliphatic heterocycles. The molecule has 0 amide bonds. The van der Waals surface area contributed by atoms with Gasteiger partial charge < -0.3 is 15.5 Å². The highest BCUT2D eigenvalue weighted by atomic mass is 79.9. The molecule has 2 unspecified atom stereocenters. The fourth-order valence-corrected chi connectivity index (χ4v) is 4.12. The van der Waals surface area contributed by atoms with E-state index in [1.807, 2.05) is 0 Å². The number of halogens is 1. The van der Waals surface area contributed by atoms with Crippen molar-refractivity contribution in [2.24, 2.45) is 0 Å². The van der Waals surface area contributed by atoms with E-state index in [2.05, 4.69) is 75.5 Å². The van der Waals surface area contributed by atoms with Gasteiger partial charge in [0.05, 0.1) is 12.7 Å². The van der Waals surface area contributed by atoms with Gasteiger partial charge in [-0.05, 0) is 54.7 Å². The van der Waals surface area contributed by atoms with E-state index < -0.39 is 0 Å². The first-order chi connectivity index (χ1) is 12.5. The van der Waals surface area contributed by atoms with Gasteiger partial charge in [0.15, 0.2) is 0 Å². The van der Waals surface area contributed by atoms with Crippen molar-refractivity contribution in [3.05, 3.63) is 63.6 Å². The molecule has 2 atom stereocenters. The monoisotopic (exact) mass is 418 g/mol. The lowest BCUT2D eigenvalue weighted by Gasteiger charge is -2.36. The Morgan fingerprint density at radius 2 is 1.88 bits per heavy atom. The fourth-order valence-electron chi connectivity index (χ4n) is 3.52. The van der Waals surface area contributed by atoms with Gasteiger partial charge in [0, 0.05) is 35.8 Å². The van der Waals surface area contributed by atoms with Crippen LogP contribution in [-0.4, -0.2) is 40.4 Å². The lowest BCUT2D eigenvalue weighted by atomic mass is 9.99. The number of piperidine rings is 1. The second kappa shape index (κ2) is 9.00. The van der Waals surface area contributed by atoms with Crippen LogP contribution in [0.4, 0.5) is 5.69 Å². The maximum atomic E-state index is 9.77. The predicted octanol–water partition coefficient (Wildman–Crippen LogP) is 3.69. The molecule has 1 heterocycles. The van der Waals surface area contributed by atoms with Gasteiger partial charge in [-0.25, -0.2) is 0 Å². The third-order valence-electron chi connectivity index (χ3n) is 4.97. The first kappa shape index (κ1) is 19.4. The van der Waals surface area contributed by atoms with Crippen molar-refractivity contribution in [3.8, 4) is 0 Å². The highest BCUT2D eigenvalue weighted by molar-refractivity contribution is 9.10. The van der Waals surface area contributed by atoms with Gasteiger partial charge in [-0.15, -0.1) is 0 Å². The van der Waals surface area contributed by atoms with Gasteiger partial charge in [0.2, 0.25) is 0 Å². The second-order valence-corrected chi connectivity index (χ2v) is 8.09. The number of benzene rings is 2. The summed E-state index contributed by atoms with van der Waals surface area (Å²) in [4.78, 5) is 2.27. The number of anilines is 1. The van der Waals surface area contributed by atoms with Crippen LogP contribution in [0.15, 0.2) is 46.9 Å². The molecule has 1 saturated heterocycles. The van der Waals surface area contributed by atoms with Gasteiger partial charge in [-0.3, -0.25) is 4.90 Å².